The number of aryl methyl sites for hydroxylation is 1. The molecule has 2 N–H and O–H groups in total. The van der Waals surface area contributed by atoms with Crippen LogP contribution in [0.4, 0.5) is 0 Å². The van der Waals surface area contributed by atoms with E-state index in [2.05, 4.69) is 25.8 Å². The number of nitrogens with one attached hydrogen (secondary N) is 2. The van der Waals surface area contributed by atoms with E-state index < -0.39 is 0 Å². The van der Waals surface area contributed by atoms with Crippen molar-refractivity contribution >= 4 is 5.96 Å². The highest BCUT2D eigenvalue weighted by Gasteiger charge is 2.09. The van der Waals surface area contributed by atoms with E-state index in [0.717, 1.165) is 49.2 Å². The molecule has 160 valence electrons. The molecule has 0 aliphatic heterocycles. The van der Waals surface area contributed by atoms with Gasteiger partial charge in [0.15, 0.2) is 11.8 Å². The summed E-state index contributed by atoms with van der Waals surface area (Å²) in [5.74, 6) is 4.02. The molecule has 1 aromatic heterocycles. The standard InChI is InChI=1S/C21H33N5O3/c1-6-22-21(23-12-8-11-19-25-20(15(2)3)26-29-19)24-14-16(4)28-18-10-7-9-17(13-18)27-5/h7,9-10,13,15-16H,6,8,11-12,14H2,1-5H3,(H2,22,23,24). The fraction of sp³-hybridized carbons (Fsp3) is 0.571. The first-order valence-electron chi connectivity index (χ1n) is 10.2. The molecule has 1 heterocycles. The monoisotopic (exact) mass is 403 g/mol. The summed E-state index contributed by atoms with van der Waals surface area (Å²) in [6, 6.07) is 7.57. The molecular formula is C21H33N5O3. The van der Waals surface area contributed by atoms with Crippen LogP contribution in [0.15, 0.2) is 33.8 Å². The van der Waals surface area contributed by atoms with E-state index >= 15 is 0 Å². The first-order valence-corrected chi connectivity index (χ1v) is 10.2. The molecule has 0 aliphatic carbocycles. The van der Waals surface area contributed by atoms with Crippen molar-refractivity contribution in [3.05, 3.63) is 36.0 Å². The summed E-state index contributed by atoms with van der Waals surface area (Å²) in [6.45, 7) is 10.2. The van der Waals surface area contributed by atoms with E-state index in [-0.39, 0.29) is 12.0 Å². The molecule has 0 spiro atoms. The van der Waals surface area contributed by atoms with Crippen molar-refractivity contribution in [1.29, 1.82) is 0 Å². The normalized spacial score (nSPS) is 12.7. The number of benzene rings is 1. The van der Waals surface area contributed by atoms with Crippen molar-refractivity contribution in [2.45, 2.75) is 52.6 Å². The SMILES string of the molecule is CCNC(=NCC(C)Oc1cccc(OC)c1)NCCCc1nc(C(C)C)no1. The van der Waals surface area contributed by atoms with Crippen molar-refractivity contribution in [2.24, 2.45) is 4.99 Å². The van der Waals surface area contributed by atoms with Crippen molar-refractivity contribution in [2.75, 3.05) is 26.7 Å². The molecule has 1 atom stereocenters. The van der Waals surface area contributed by atoms with Crippen LogP contribution in [0.25, 0.3) is 0 Å². The molecule has 2 aromatic rings. The molecule has 0 saturated heterocycles. The highest BCUT2D eigenvalue weighted by molar-refractivity contribution is 5.79. The van der Waals surface area contributed by atoms with E-state index in [1.165, 1.54) is 0 Å². The molecule has 2 rings (SSSR count). The second-order valence-electron chi connectivity index (χ2n) is 7.06. The van der Waals surface area contributed by atoms with Crippen LogP contribution in [0.2, 0.25) is 0 Å². The number of methoxy groups -OCH3 is 1. The lowest BCUT2D eigenvalue weighted by Crippen LogP contribution is -2.38. The number of guanidine groups is 1. The molecule has 8 heteroatoms. The maximum atomic E-state index is 5.92. The Hall–Kier alpha value is -2.77. The van der Waals surface area contributed by atoms with E-state index in [4.69, 9.17) is 14.0 Å². The third-order valence-electron chi connectivity index (χ3n) is 4.09. The molecular weight excluding hydrogens is 370 g/mol. The summed E-state index contributed by atoms with van der Waals surface area (Å²) < 4.78 is 16.4. The summed E-state index contributed by atoms with van der Waals surface area (Å²) in [7, 11) is 1.64. The van der Waals surface area contributed by atoms with E-state index in [0.29, 0.717) is 12.4 Å². The van der Waals surface area contributed by atoms with Crippen LogP contribution in [0.3, 0.4) is 0 Å². The Morgan fingerprint density at radius 3 is 2.69 bits per heavy atom. The van der Waals surface area contributed by atoms with Gasteiger partial charge in [-0.15, -0.1) is 0 Å². The zero-order chi connectivity index (χ0) is 21.1. The topological polar surface area (TPSA) is 93.8 Å². The Labute approximate surface area is 173 Å². The van der Waals surface area contributed by atoms with Gasteiger partial charge in [0.2, 0.25) is 5.89 Å². The Morgan fingerprint density at radius 1 is 1.21 bits per heavy atom. The van der Waals surface area contributed by atoms with E-state index in [1.807, 2.05) is 52.0 Å². The number of hydrogen-bond donors (Lipinski definition) is 2. The van der Waals surface area contributed by atoms with Crippen LogP contribution >= 0.6 is 0 Å². The number of rotatable bonds is 11. The van der Waals surface area contributed by atoms with E-state index in [1.54, 1.807) is 7.11 Å². The second-order valence-corrected chi connectivity index (χ2v) is 7.06. The zero-order valence-electron chi connectivity index (χ0n) is 18.1. The number of ether oxygens (including phenoxy) is 2. The molecule has 0 amide bonds. The minimum Gasteiger partial charge on any atom is -0.497 e. The third kappa shape index (κ3) is 8.01. The van der Waals surface area contributed by atoms with Gasteiger partial charge in [0.05, 0.1) is 13.7 Å². The van der Waals surface area contributed by atoms with Crippen LogP contribution in [-0.4, -0.2) is 48.9 Å². The molecule has 0 aliphatic rings. The summed E-state index contributed by atoms with van der Waals surface area (Å²) >= 11 is 0. The van der Waals surface area contributed by atoms with Crippen molar-refractivity contribution < 1.29 is 14.0 Å². The first-order chi connectivity index (χ1) is 14.0. The van der Waals surface area contributed by atoms with Gasteiger partial charge in [-0.25, -0.2) is 4.99 Å². The average molecular weight is 404 g/mol. The highest BCUT2D eigenvalue weighted by Crippen LogP contribution is 2.19. The molecule has 0 saturated carbocycles. The zero-order valence-corrected chi connectivity index (χ0v) is 18.1. The Balaban J connectivity index is 1.77. The minimum absolute atomic E-state index is 0.0644. The quantitative estimate of drug-likeness (QED) is 0.338. The van der Waals surface area contributed by atoms with Crippen molar-refractivity contribution in [3.8, 4) is 11.5 Å². The second kappa shape index (κ2) is 11.9. The smallest absolute Gasteiger partial charge is 0.226 e. The van der Waals surface area contributed by atoms with Crippen LogP contribution < -0.4 is 20.1 Å². The van der Waals surface area contributed by atoms with E-state index in [9.17, 15) is 0 Å². The fourth-order valence-corrected chi connectivity index (χ4v) is 2.56. The molecule has 1 aromatic carbocycles. The van der Waals surface area contributed by atoms with Crippen molar-refractivity contribution in [3.63, 3.8) is 0 Å². The van der Waals surface area contributed by atoms with Gasteiger partial charge in [-0.1, -0.05) is 25.1 Å². The fourth-order valence-electron chi connectivity index (χ4n) is 2.56. The number of aromatic nitrogens is 2. The predicted molar refractivity (Wildman–Crippen MR) is 114 cm³/mol. The molecule has 8 nitrogen and oxygen atoms in total. The average Bonchev–Trinajstić information content (AvgIpc) is 3.18. The van der Waals surface area contributed by atoms with Crippen LogP contribution in [-0.2, 0) is 6.42 Å². The molecule has 0 bridgehead atoms. The minimum atomic E-state index is -0.0644. The maximum absolute atomic E-state index is 5.92. The summed E-state index contributed by atoms with van der Waals surface area (Å²) in [5.41, 5.74) is 0. The van der Waals surface area contributed by atoms with Gasteiger partial charge in [-0.2, -0.15) is 4.98 Å². The molecule has 29 heavy (non-hydrogen) atoms. The lowest BCUT2D eigenvalue weighted by molar-refractivity contribution is 0.229. The molecule has 1 unspecified atom stereocenters. The highest BCUT2D eigenvalue weighted by atomic mass is 16.5. The Kier molecular flexibility index (Phi) is 9.27. The van der Waals surface area contributed by atoms with Crippen LogP contribution in [0, 0.1) is 0 Å². The number of hydrogen-bond acceptors (Lipinski definition) is 6. The van der Waals surface area contributed by atoms with Crippen LogP contribution in [0.5, 0.6) is 11.5 Å². The number of aliphatic imine (C=N–C) groups is 1. The largest absolute Gasteiger partial charge is 0.497 e. The summed E-state index contributed by atoms with van der Waals surface area (Å²) in [5, 5.41) is 10.6. The van der Waals surface area contributed by atoms with Gasteiger partial charge in [0.1, 0.15) is 17.6 Å². The molecule has 0 fully saturated rings. The molecule has 0 radical (unpaired) electrons. The Bertz CT molecular complexity index is 760. The third-order valence-corrected chi connectivity index (χ3v) is 4.09. The van der Waals surface area contributed by atoms with Gasteiger partial charge in [-0.05, 0) is 32.4 Å². The van der Waals surface area contributed by atoms with Gasteiger partial charge >= 0.3 is 0 Å². The van der Waals surface area contributed by atoms with Gasteiger partial charge in [0, 0.05) is 31.5 Å². The van der Waals surface area contributed by atoms with Gasteiger partial charge in [-0.3, -0.25) is 0 Å². The predicted octanol–water partition coefficient (Wildman–Crippen LogP) is 3.16. The van der Waals surface area contributed by atoms with Crippen LogP contribution in [0.1, 0.15) is 51.7 Å². The summed E-state index contributed by atoms with van der Waals surface area (Å²) in [6.07, 6.45) is 1.55. The maximum Gasteiger partial charge on any atom is 0.226 e. The van der Waals surface area contributed by atoms with Gasteiger partial charge < -0.3 is 24.6 Å². The number of nitrogens with zero attached hydrogens (tertiary/aromatic N) is 3. The first kappa shape index (κ1) is 22.5. The van der Waals surface area contributed by atoms with Crippen molar-refractivity contribution in [1.82, 2.24) is 20.8 Å². The lowest BCUT2D eigenvalue weighted by Gasteiger charge is -2.15. The Morgan fingerprint density at radius 2 is 2.00 bits per heavy atom. The summed E-state index contributed by atoms with van der Waals surface area (Å²) in [4.78, 5) is 9.01. The lowest BCUT2D eigenvalue weighted by atomic mass is 10.2. The van der Waals surface area contributed by atoms with Gasteiger partial charge in [0.25, 0.3) is 0 Å².